The van der Waals surface area contributed by atoms with Crippen LogP contribution in [0.5, 0.6) is 0 Å². The molecule has 1 aromatic carbocycles. The Morgan fingerprint density at radius 3 is 2.33 bits per heavy atom. The summed E-state index contributed by atoms with van der Waals surface area (Å²) in [7, 11) is 3.77. The van der Waals surface area contributed by atoms with Gasteiger partial charge in [0.05, 0.1) is 5.41 Å². The molecule has 1 aromatic rings. The van der Waals surface area contributed by atoms with Gasteiger partial charge in [-0.25, -0.2) is 0 Å². The van der Waals surface area contributed by atoms with Crippen molar-refractivity contribution in [2.24, 2.45) is 17.3 Å². The van der Waals surface area contributed by atoms with Crippen molar-refractivity contribution in [2.75, 3.05) is 14.1 Å². The largest absolute Gasteiger partial charge is 0.355 e. The standard InChI is InChI=1S/C20H26N2OS/c1-22(2)18(24)21-17(23)20-11-14-8-15(12-20)10-19(9-14,13-20)16-6-4-3-5-7-16/h3-7,14-15H,8-13H2,1-2H3,(H,21,23,24)/t14-,15-,19?,20?/m1/s1. The Kier molecular flexibility index (Phi) is 3.72. The van der Waals surface area contributed by atoms with Crippen LogP contribution in [0.2, 0.25) is 0 Å². The van der Waals surface area contributed by atoms with E-state index in [9.17, 15) is 4.79 Å². The first-order valence-corrected chi connectivity index (χ1v) is 9.42. The van der Waals surface area contributed by atoms with E-state index in [1.54, 1.807) is 4.90 Å². The number of hydrogen-bond acceptors (Lipinski definition) is 2. The van der Waals surface area contributed by atoms with E-state index >= 15 is 0 Å². The van der Waals surface area contributed by atoms with Crippen molar-refractivity contribution in [2.45, 2.75) is 43.9 Å². The maximum absolute atomic E-state index is 13.2. The molecule has 4 saturated carbocycles. The summed E-state index contributed by atoms with van der Waals surface area (Å²) in [6, 6.07) is 10.9. The summed E-state index contributed by atoms with van der Waals surface area (Å²) >= 11 is 5.32. The van der Waals surface area contributed by atoms with Crippen LogP contribution in [-0.4, -0.2) is 30.0 Å². The molecule has 4 aliphatic rings. The highest BCUT2D eigenvalue weighted by atomic mass is 32.1. The molecule has 0 spiro atoms. The van der Waals surface area contributed by atoms with Crippen LogP contribution in [0.1, 0.15) is 44.1 Å². The summed E-state index contributed by atoms with van der Waals surface area (Å²) in [5.41, 5.74) is 1.41. The highest BCUT2D eigenvalue weighted by Crippen LogP contribution is 2.65. The number of amides is 1. The van der Waals surface area contributed by atoms with E-state index in [0.29, 0.717) is 16.9 Å². The van der Waals surface area contributed by atoms with Crippen molar-refractivity contribution in [3.05, 3.63) is 35.9 Å². The second kappa shape index (κ2) is 5.55. The second-order valence-corrected chi connectivity index (χ2v) is 8.93. The van der Waals surface area contributed by atoms with Crippen molar-refractivity contribution in [3.8, 4) is 0 Å². The lowest BCUT2D eigenvalue weighted by atomic mass is 9.42. The van der Waals surface area contributed by atoms with E-state index in [1.807, 2.05) is 14.1 Å². The van der Waals surface area contributed by atoms with E-state index in [2.05, 4.69) is 35.6 Å². The topological polar surface area (TPSA) is 32.3 Å². The first-order valence-electron chi connectivity index (χ1n) is 9.01. The van der Waals surface area contributed by atoms with Gasteiger partial charge in [-0.05, 0) is 73.6 Å². The Balaban J connectivity index is 1.66. The second-order valence-electron chi connectivity index (χ2n) is 8.54. The molecule has 1 N–H and O–H groups in total. The Morgan fingerprint density at radius 1 is 1.12 bits per heavy atom. The molecular weight excluding hydrogens is 316 g/mol. The van der Waals surface area contributed by atoms with Gasteiger partial charge in [-0.1, -0.05) is 30.3 Å². The molecule has 4 fully saturated rings. The molecule has 0 aliphatic heterocycles. The predicted octanol–water partition coefficient (Wildman–Crippen LogP) is 3.49. The maximum Gasteiger partial charge on any atom is 0.232 e. The molecule has 0 heterocycles. The fourth-order valence-electron chi connectivity index (χ4n) is 6.00. The van der Waals surface area contributed by atoms with Gasteiger partial charge in [-0.15, -0.1) is 0 Å². The highest BCUT2D eigenvalue weighted by molar-refractivity contribution is 7.80. The van der Waals surface area contributed by atoms with Crippen LogP contribution in [0.25, 0.3) is 0 Å². The van der Waals surface area contributed by atoms with Gasteiger partial charge in [0.2, 0.25) is 5.91 Å². The van der Waals surface area contributed by atoms with Crippen LogP contribution in [-0.2, 0) is 10.2 Å². The first-order chi connectivity index (χ1) is 11.4. The number of thiocarbonyl (C=S) groups is 1. The van der Waals surface area contributed by atoms with Gasteiger partial charge < -0.3 is 10.2 Å². The molecule has 0 saturated heterocycles. The summed E-state index contributed by atoms with van der Waals surface area (Å²) in [4.78, 5) is 15.0. The zero-order chi connectivity index (χ0) is 16.9. The fourth-order valence-corrected chi connectivity index (χ4v) is 6.09. The van der Waals surface area contributed by atoms with Gasteiger partial charge in [-0.3, -0.25) is 4.79 Å². The van der Waals surface area contributed by atoms with Crippen LogP contribution >= 0.6 is 12.2 Å². The molecule has 3 nitrogen and oxygen atoms in total. The number of nitrogens with zero attached hydrogens (tertiary/aromatic N) is 1. The molecule has 128 valence electrons. The molecule has 0 radical (unpaired) electrons. The summed E-state index contributed by atoms with van der Waals surface area (Å²) < 4.78 is 0. The Morgan fingerprint density at radius 2 is 1.75 bits per heavy atom. The van der Waals surface area contributed by atoms with Crippen LogP contribution in [0.4, 0.5) is 0 Å². The average molecular weight is 343 g/mol. The Hall–Kier alpha value is -1.42. The number of nitrogens with one attached hydrogen (secondary N) is 1. The fraction of sp³-hybridized carbons (Fsp3) is 0.600. The minimum absolute atomic E-state index is 0.163. The molecule has 24 heavy (non-hydrogen) atoms. The van der Waals surface area contributed by atoms with E-state index < -0.39 is 0 Å². The van der Waals surface area contributed by atoms with Gasteiger partial charge in [0.1, 0.15) is 0 Å². The minimum atomic E-state index is -0.222. The molecule has 5 rings (SSSR count). The third-order valence-electron chi connectivity index (χ3n) is 6.56. The van der Waals surface area contributed by atoms with Crippen molar-refractivity contribution in [3.63, 3.8) is 0 Å². The number of rotatable bonds is 2. The molecular formula is C20H26N2OS. The van der Waals surface area contributed by atoms with E-state index in [4.69, 9.17) is 12.2 Å². The smallest absolute Gasteiger partial charge is 0.232 e. The molecule has 4 heteroatoms. The van der Waals surface area contributed by atoms with Crippen LogP contribution in [0.15, 0.2) is 30.3 Å². The van der Waals surface area contributed by atoms with Crippen molar-refractivity contribution >= 4 is 23.2 Å². The molecule has 0 unspecified atom stereocenters. The van der Waals surface area contributed by atoms with Gasteiger partial charge >= 0.3 is 0 Å². The first kappa shape index (κ1) is 16.1. The van der Waals surface area contributed by atoms with Gasteiger partial charge in [0.25, 0.3) is 0 Å². The zero-order valence-electron chi connectivity index (χ0n) is 14.5. The predicted molar refractivity (Wildman–Crippen MR) is 99.7 cm³/mol. The number of hydrogen-bond donors (Lipinski definition) is 1. The Labute approximate surface area is 149 Å². The third-order valence-corrected chi connectivity index (χ3v) is 7.02. The highest BCUT2D eigenvalue weighted by Gasteiger charge is 2.60. The number of benzene rings is 1. The molecule has 4 aliphatic carbocycles. The summed E-state index contributed by atoms with van der Waals surface area (Å²) in [6.45, 7) is 0. The Bertz CT molecular complexity index is 655. The van der Waals surface area contributed by atoms with E-state index in [0.717, 1.165) is 19.3 Å². The molecule has 0 aromatic heterocycles. The lowest BCUT2D eigenvalue weighted by molar-refractivity contribution is -0.147. The molecule has 1 amide bonds. The average Bonchev–Trinajstić information content (AvgIpc) is 2.54. The summed E-state index contributed by atoms with van der Waals surface area (Å²) in [6.07, 6.45) is 6.88. The molecule has 4 bridgehead atoms. The summed E-state index contributed by atoms with van der Waals surface area (Å²) in [5, 5.41) is 3.56. The van der Waals surface area contributed by atoms with Gasteiger partial charge in [-0.2, -0.15) is 0 Å². The quantitative estimate of drug-likeness (QED) is 0.835. The SMILES string of the molecule is CN(C)C(=S)NC(=O)C12C[C@@H]3C[C@@H](C1)CC(c1ccccc1)(C3)C2. The maximum atomic E-state index is 13.2. The number of carbonyl (C=O) groups excluding carboxylic acids is 1. The normalized spacial score (nSPS) is 36.4. The third kappa shape index (κ3) is 2.46. The van der Waals surface area contributed by atoms with Crippen molar-refractivity contribution in [1.29, 1.82) is 0 Å². The van der Waals surface area contributed by atoms with Crippen LogP contribution in [0.3, 0.4) is 0 Å². The monoisotopic (exact) mass is 342 g/mol. The zero-order valence-corrected chi connectivity index (χ0v) is 15.4. The lowest BCUT2D eigenvalue weighted by Gasteiger charge is -2.61. The van der Waals surface area contributed by atoms with Gasteiger partial charge in [0.15, 0.2) is 5.11 Å². The van der Waals surface area contributed by atoms with Crippen LogP contribution in [0, 0.1) is 17.3 Å². The van der Waals surface area contributed by atoms with Gasteiger partial charge in [0, 0.05) is 14.1 Å². The van der Waals surface area contributed by atoms with E-state index in [1.165, 1.54) is 24.8 Å². The molecule has 2 atom stereocenters. The number of carbonyl (C=O) groups is 1. The lowest BCUT2D eigenvalue weighted by Crippen LogP contribution is -2.60. The van der Waals surface area contributed by atoms with Crippen LogP contribution < -0.4 is 5.32 Å². The van der Waals surface area contributed by atoms with Crippen molar-refractivity contribution < 1.29 is 4.79 Å². The summed E-state index contributed by atoms with van der Waals surface area (Å²) in [5.74, 6) is 1.53. The van der Waals surface area contributed by atoms with E-state index in [-0.39, 0.29) is 16.7 Å². The van der Waals surface area contributed by atoms with Crippen molar-refractivity contribution in [1.82, 2.24) is 10.2 Å². The minimum Gasteiger partial charge on any atom is -0.355 e.